The van der Waals surface area contributed by atoms with Crippen molar-refractivity contribution in [2.75, 3.05) is 0 Å². The first-order chi connectivity index (χ1) is 6.48. The van der Waals surface area contributed by atoms with E-state index >= 15 is 0 Å². The van der Waals surface area contributed by atoms with Gasteiger partial charge < -0.3 is 15.3 Å². The molecule has 0 amide bonds. The summed E-state index contributed by atoms with van der Waals surface area (Å²) in [6.07, 6.45) is 0.956. The van der Waals surface area contributed by atoms with Gasteiger partial charge in [-0.1, -0.05) is 20.3 Å². The molecule has 0 saturated carbocycles. The van der Waals surface area contributed by atoms with E-state index in [1.54, 1.807) is 0 Å². The Bertz CT molecular complexity index is 179. The summed E-state index contributed by atoms with van der Waals surface area (Å²) < 4.78 is 0. The van der Waals surface area contributed by atoms with Crippen LogP contribution in [-0.4, -0.2) is 27.6 Å². The summed E-state index contributed by atoms with van der Waals surface area (Å²) >= 11 is 0. The largest absolute Gasteiger partial charge is 0.481 e. The van der Waals surface area contributed by atoms with E-state index in [0.29, 0.717) is 19.3 Å². The predicted molar refractivity (Wildman–Crippen MR) is 52.7 cm³/mol. The van der Waals surface area contributed by atoms with E-state index in [0.717, 1.165) is 6.42 Å². The van der Waals surface area contributed by atoms with E-state index in [9.17, 15) is 4.79 Å². The Labute approximate surface area is 84.6 Å². The lowest BCUT2D eigenvalue weighted by atomic mass is 9.77. The highest BCUT2D eigenvalue weighted by molar-refractivity contribution is 5.74. The maximum absolute atomic E-state index is 11.1. The average molecular weight is 204 g/mol. The zero-order valence-electron chi connectivity index (χ0n) is 8.86. The maximum atomic E-state index is 11.1. The number of carboxylic acids is 1. The van der Waals surface area contributed by atoms with Crippen LogP contribution in [0.3, 0.4) is 0 Å². The Kier molecular flexibility index (Phi) is 5.72. The minimum Gasteiger partial charge on any atom is -0.481 e. The molecule has 0 aliphatic heterocycles. The van der Waals surface area contributed by atoms with E-state index in [1.165, 1.54) is 0 Å². The van der Waals surface area contributed by atoms with E-state index in [1.807, 2.05) is 13.8 Å². The molecule has 0 saturated heterocycles. The fourth-order valence-electron chi connectivity index (χ4n) is 1.73. The number of rotatable bonds is 7. The highest BCUT2D eigenvalue weighted by atomic mass is 16.5. The van der Waals surface area contributed by atoms with Gasteiger partial charge in [0.1, 0.15) is 0 Å². The van der Waals surface area contributed by atoms with Gasteiger partial charge >= 0.3 is 5.97 Å². The van der Waals surface area contributed by atoms with Gasteiger partial charge in [-0.25, -0.2) is 0 Å². The molecule has 0 spiro atoms. The van der Waals surface area contributed by atoms with Crippen molar-refractivity contribution in [3.63, 3.8) is 0 Å². The van der Waals surface area contributed by atoms with Crippen molar-refractivity contribution >= 4 is 5.97 Å². The summed E-state index contributed by atoms with van der Waals surface area (Å²) in [6.45, 7) is 3.76. The number of hydrogen-bond acceptors (Lipinski definition) is 3. The molecule has 0 aromatic rings. The van der Waals surface area contributed by atoms with Crippen LogP contribution in [0, 0.1) is 5.41 Å². The van der Waals surface area contributed by atoms with Gasteiger partial charge in [-0.05, 0) is 25.7 Å². The first-order valence-corrected chi connectivity index (χ1v) is 5.08. The topological polar surface area (TPSA) is 77.8 Å². The predicted octanol–water partition coefficient (Wildman–Crippen LogP) is 1.36. The summed E-state index contributed by atoms with van der Waals surface area (Å²) in [5.74, 6) is -0.831. The standard InChI is InChI=1S/C10H20O4/c1-3-6-10(4-2,9(13)14)7-5-8(11)12/h8,11-12H,3-7H2,1-2H3,(H,13,14). The quantitative estimate of drug-likeness (QED) is 0.547. The average Bonchev–Trinajstić information content (AvgIpc) is 2.11. The Morgan fingerprint density at radius 1 is 1.29 bits per heavy atom. The SMILES string of the molecule is CCCC(CC)(CCC(O)O)C(=O)O. The summed E-state index contributed by atoms with van der Waals surface area (Å²) in [5, 5.41) is 26.6. The summed E-state index contributed by atoms with van der Waals surface area (Å²) in [5.41, 5.74) is -0.779. The monoisotopic (exact) mass is 204 g/mol. The van der Waals surface area contributed by atoms with Crippen molar-refractivity contribution in [3.05, 3.63) is 0 Å². The number of aliphatic hydroxyl groups excluding tert-OH is 1. The molecule has 0 aliphatic rings. The van der Waals surface area contributed by atoms with Crippen LogP contribution in [0.15, 0.2) is 0 Å². The molecular weight excluding hydrogens is 184 g/mol. The van der Waals surface area contributed by atoms with E-state index in [2.05, 4.69) is 0 Å². The molecule has 4 heteroatoms. The maximum Gasteiger partial charge on any atom is 0.309 e. The van der Waals surface area contributed by atoms with Crippen LogP contribution in [0.25, 0.3) is 0 Å². The van der Waals surface area contributed by atoms with Crippen molar-refractivity contribution in [1.29, 1.82) is 0 Å². The van der Waals surface area contributed by atoms with Crippen molar-refractivity contribution in [3.8, 4) is 0 Å². The molecular formula is C10H20O4. The van der Waals surface area contributed by atoms with Crippen molar-refractivity contribution in [2.45, 2.75) is 52.2 Å². The molecule has 0 rings (SSSR count). The zero-order valence-corrected chi connectivity index (χ0v) is 8.86. The molecule has 3 N–H and O–H groups in total. The lowest BCUT2D eigenvalue weighted by Crippen LogP contribution is -2.31. The molecule has 14 heavy (non-hydrogen) atoms. The molecule has 84 valence electrons. The lowest BCUT2D eigenvalue weighted by Gasteiger charge is -2.28. The second-order valence-corrected chi connectivity index (χ2v) is 3.71. The highest BCUT2D eigenvalue weighted by Crippen LogP contribution is 2.34. The molecule has 0 aliphatic carbocycles. The van der Waals surface area contributed by atoms with Crippen LogP contribution in [-0.2, 0) is 4.79 Å². The lowest BCUT2D eigenvalue weighted by molar-refractivity contribution is -0.151. The molecule has 0 aromatic heterocycles. The van der Waals surface area contributed by atoms with Gasteiger partial charge in [0.05, 0.1) is 5.41 Å². The van der Waals surface area contributed by atoms with Crippen LogP contribution >= 0.6 is 0 Å². The summed E-state index contributed by atoms with van der Waals surface area (Å²) in [4.78, 5) is 11.1. The number of carboxylic acid groups (broad SMARTS) is 1. The van der Waals surface area contributed by atoms with E-state index < -0.39 is 17.7 Å². The second-order valence-electron chi connectivity index (χ2n) is 3.71. The third kappa shape index (κ3) is 3.64. The Balaban J connectivity index is 4.41. The van der Waals surface area contributed by atoms with Gasteiger partial charge in [0.25, 0.3) is 0 Å². The van der Waals surface area contributed by atoms with Gasteiger partial charge in [0.2, 0.25) is 0 Å². The fourth-order valence-corrected chi connectivity index (χ4v) is 1.73. The second kappa shape index (κ2) is 5.98. The Morgan fingerprint density at radius 2 is 1.86 bits per heavy atom. The first kappa shape index (κ1) is 13.4. The van der Waals surface area contributed by atoms with Gasteiger partial charge in [-0.3, -0.25) is 4.79 Å². The number of hydrogen-bond donors (Lipinski definition) is 3. The van der Waals surface area contributed by atoms with E-state index in [-0.39, 0.29) is 6.42 Å². The van der Waals surface area contributed by atoms with Crippen molar-refractivity contribution in [2.24, 2.45) is 5.41 Å². The van der Waals surface area contributed by atoms with Gasteiger partial charge in [-0.2, -0.15) is 0 Å². The van der Waals surface area contributed by atoms with Gasteiger partial charge in [-0.15, -0.1) is 0 Å². The molecule has 1 unspecified atom stereocenters. The van der Waals surface area contributed by atoms with E-state index in [4.69, 9.17) is 15.3 Å². The molecule has 0 heterocycles. The highest BCUT2D eigenvalue weighted by Gasteiger charge is 2.35. The van der Waals surface area contributed by atoms with Gasteiger partial charge in [0.15, 0.2) is 6.29 Å². The summed E-state index contributed by atoms with van der Waals surface area (Å²) in [7, 11) is 0. The molecule has 4 nitrogen and oxygen atoms in total. The van der Waals surface area contributed by atoms with Crippen molar-refractivity contribution in [1.82, 2.24) is 0 Å². The Hall–Kier alpha value is -0.610. The third-order valence-corrected chi connectivity index (χ3v) is 2.74. The normalized spacial score (nSPS) is 15.5. The number of carbonyl (C=O) groups is 1. The minimum atomic E-state index is -1.41. The number of aliphatic carboxylic acids is 1. The van der Waals surface area contributed by atoms with Crippen LogP contribution in [0.2, 0.25) is 0 Å². The fraction of sp³-hybridized carbons (Fsp3) is 0.900. The van der Waals surface area contributed by atoms with Gasteiger partial charge in [0, 0.05) is 0 Å². The molecule has 0 radical (unpaired) electrons. The molecule has 0 bridgehead atoms. The van der Waals surface area contributed by atoms with Crippen molar-refractivity contribution < 1.29 is 20.1 Å². The Morgan fingerprint density at radius 3 is 2.14 bits per heavy atom. The molecule has 1 atom stereocenters. The smallest absolute Gasteiger partial charge is 0.309 e. The van der Waals surface area contributed by atoms with Crippen LogP contribution in [0.5, 0.6) is 0 Å². The third-order valence-electron chi connectivity index (χ3n) is 2.74. The molecule has 0 fully saturated rings. The van der Waals surface area contributed by atoms with Crippen LogP contribution < -0.4 is 0 Å². The minimum absolute atomic E-state index is 0.125. The van der Waals surface area contributed by atoms with Crippen LogP contribution in [0.1, 0.15) is 46.0 Å². The van der Waals surface area contributed by atoms with Crippen LogP contribution in [0.4, 0.5) is 0 Å². The zero-order chi connectivity index (χ0) is 11.2. The molecule has 0 aromatic carbocycles. The first-order valence-electron chi connectivity index (χ1n) is 5.08. The number of aliphatic hydroxyl groups is 2. The summed E-state index contributed by atoms with van der Waals surface area (Å²) in [6, 6.07) is 0.